The van der Waals surface area contributed by atoms with Gasteiger partial charge in [-0.3, -0.25) is 4.79 Å². The predicted molar refractivity (Wildman–Crippen MR) is 95.6 cm³/mol. The number of hydrogen-bond acceptors (Lipinski definition) is 1. The maximum Gasteiger partial charge on any atom is 0.252 e. The Balaban J connectivity index is 1.95. The number of benzene rings is 1. The van der Waals surface area contributed by atoms with Crippen molar-refractivity contribution >= 4 is 17.5 Å². The third-order valence-electron chi connectivity index (χ3n) is 3.93. The highest BCUT2D eigenvalue weighted by atomic mass is 35.5. The molecule has 3 heteroatoms. The fraction of sp³-hybridized carbons (Fsp3) is 0.632. The van der Waals surface area contributed by atoms with E-state index in [1.807, 2.05) is 12.1 Å². The minimum Gasteiger partial charge on any atom is -0.352 e. The van der Waals surface area contributed by atoms with Crippen LogP contribution in [-0.2, 0) is 0 Å². The first kappa shape index (κ1) is 19.0. The number of nitrogens with one attached hydrogen (secondary N) is 1. The SMILES string of the molecule is CCCCCCCCCCCCNC(=O)c1ccccc1Cl. The second-order valence-corrected chi connectivity index (χ2v) is 6.32. The van der Waals surface area contributed by atoms with Crippen molar-refractivity contribution in [3.63, 3.8) is 0 Å². The van der Waals surface area contributed by atoms with Gasteiger partial charge in [0.05, 0.1) is 10.6 Å². The van der Waals surface area contributed by atoms with Gasteiger partial charge in [0, 0.05) is 6.54 Å². The molecule has 0 radical (unpaired) electrons. The lowest BCUT2D eigenvalue weighted by atomic mass is 10.1. The summed E-state index contributed by atoms with van der Waals surface area (Å²) < 4.78 is 0. The zero-order chi connectivity index (χ0) is 16.0. The van der Waals surface area contributed by atoms with Crippen molar-refractivity contribution in [3.8, 4) is 0 Å². The van der Waals surface area contributed by atoms with E-state index in [1.165, 1.54) is 57.8 Å². The molecule has 0 aromatic heterocycles. The lowest BCUT2D eigenvalue weighted by Gasteiger charge is -2.06. The molecule has 2 nitrogen and oxygen atoms in total. The molecule has 0 saturated heterocycles. The van der Waals surface area contributed by atoms with E-state index in [1.54, 1.807) is 12.1 Å². The van der Waals surface area contributed by atoms with Gasteiger partial charge in [-0.05, 0) is 18.6 Å². The summed E-state index contributed by atoms with van der Waals surface area (Å²) in [5, 5.41) is 3.46. The molecule has 0 aliphatic rings. The van der Waals surface area contributed by atoms with Gasteiger partial charge >= 0.3 is 0 Å². The summed E-state index contributed by atoms with van der Waals surface area (Å²) in [6.07, 6.45) is 13.1. The highest BCUT2D eigenvalue weighted by molar-refractivity contribution is 6.33. The van der Waals surface area contributed by atoms with Crippen LogP contribution in [0.2, 0.25) is 5.02 Å². The minimum absolute atomic E-state index is 0.0680. The summed E-state index contributed by atoms with van der Waals surface area (Å²) in [6, 6.07) is 7.18. The van der Waals surface area contributed by atoms with Crippen molar-refractivity contribution in [3.05, 3.63) is 34.9 Å². The van der Waals surface area contributed by atoms with Crippen LogP contribution >= 0.6 is 11.6 Å². The second kappa shape index (κ2) is 12.5. The normalized spacial score (nSPS) is 10.6. The molecule has 0 unspecified atom stereocenters. The van der Waals surface area contributed by atoms with E-state index in [0.29, 0.717) is 10.6 Å². The van der Waals surface area contributed by atoms with Crippen molar-refractivity contribution in [1.29, 1.82) is 0 Å². The topological polar surface area (TPSA) is 29.1 Å². The lowest BCUT2D eigenvalue weighted by Crippen LogP contribution is -2.24. The highest BCUT2D eigenvalue weighted by Gasteiger charge is 2.07. The molecule has 1 rings (SSSR count). The van der Waals surface area contributed by atoms with Gasteiger partial charge in [-0.2, -0.15) is 0 Å². The Morgan fingerprint density at radius 3 is 2.05 bits per heavy atom. The summed E-state index contributed by atoms with van der Waals surface area (Å²) in [5.74, 6) is -0.0680. The van der Waals surface area contributed by atoms with Crippen LogP contribution in [0.4, 0.5) is 0 Å². The number of unbranched alkanes of at least 4 members (excludes halogenated alkanes) is 9. The average Bonchev–Trinajstić information content (AvgIpc) is 2.53. The first-order valence-corrected chi connectivity index (χ1v) is 9.16. The summed E-state index contributed by atoms with van der Waals surface area (Å²) >= 11 is 6.00. The van der Waals surface area contributed by atoms with Crippen LogP contribution in [0, 0.1) is 0 Å². The predicted octanol–water partition coefficient (Wildman–Crippen LogP) is 5.99. The average molecular weight is 324 g/mol. The van der Waals surface area contributed by atoms with E-state index >= 15 is 0 Å². The maximum atomic E-state index is 11.9. The van der Waals surface area contributed by atoms with Crippen LogP contribution in [0.25, 0.3) is 0 Å². The molecule has 1 aromatic rings. The van der Waals surface area contributed by atoms with Crippen LogP contribution in [0.15, 0.2) is 24.3 Å². The van der Waals surface area contributed by atoms with E-state index in [4.69, 9.17) is 11.6 Å². The molecule has 1 amide bonds. The Morgan fingerprint density at radius 2 is 1.45 bits per heavy atom. The molecule has 0 spiro atoms. The van der Waals surface area contributed by atoms with Crippen molar-refractivity contribution in [1.82, 2.24) is 5.32 Å². The highest BCUT2D eigenvalue weighted by Crippen LogP contribution is 2.14. The van der Waals surface area contributed by atoms with E-state index < -0.39 is 0 Å². The molecule has 0 aliphatic carbocycles. The molecular weight excluding hydrogens is 294 g/mol. The fourth-order valence-corrected chi connectivity index (χ4v) is 2.78. The third-order valence-corrected chi connectivity index (χ3v) is 4.26. The Hall–Kier alpha value is -1.02. The number of carbonyl (C=O) groups is 1. The quantitative estimate of drug-likeness (QED) is 0.470. The van der Waals surface area contributed by atoms with Crippen molar-refractivity contribution in [2.24, 2.45) is 0 Å². The van der Waals surface area contributed by atoms with Crippen LogP contribution in [0.3, 0.4) is 0 Å². The Morgan fingerprint density at radius 1 is 0.909 bits per heavy atom. The number of carbonyl (C=O) groups excluding carboxylic acids is 1. The smallest absolute Gasteiger partial charge is 0.252 e. The summed E-state index contributed by atoms with van der Waals surface area (Å²) in [5.41, 5.74) is 0.566. The van der Waals surface area contributed by atoms with Gasteiger partial charge in [-0.25, -0.2) is 0 Å². The maximum absolute atomic E-state index is 11.9. The zero-order valence-corrected chi connectivity index (χ0v) is 14.6. The first-order valence-electron chi connectivity index (χ1n) is 8.78. The number of hydrogen-bond donors (Lipinski definition) is 1. The van der Waals surface area contributed by atoms with E-state index in [-0.39, 0.29) is 5.91 Å². The zero-order valence-electron chi connectivity index (χ0n) is 13.9. The Bertz CT molecular complexity index is 420. The molecule has 0 atom stereocenters. The third kappa shape index (κ3) is 8.43. The standard InChI is InChI=1S/C19H30ClNO/c1-2-3-4-5-6-7-8-9-10-13-16-21-19(22)17-14-11-12-15-18(17)20/h11-12,14-15H,2-10,13,16H2,1H3,(H,21,22). The van der Waals surface area contributed by atoms with Gasteiger partial charge in [-0.15, -0.1) is 0 Å². The van der Waals surface area contributed by atoms with Gasteiger partial charge in [0.25, 0.3) is 5.91 Å². The molecule has 1 aromatic carbocycles. The first-order chi connectivity index (χ1) is 10.8. The molecule has 0 saturated carbocycles. The van der Waals surface area contributed by atoms with Crippen LogP contribution in [0.5, 0.6) is 0 Å². The molecule has 0 bridgehead atoms. The van der Waals surface area contributed by atoms with Gasteiger partial charge in [0.1, 0.15) is 0 Å². The molecule has 124 valence electrons. The largest absolute Gasteiger partial charge is 0.352 e. The number of rotatable bonds is 12. The van der Waals surface area contributed by atoms with Crippen LogP contribution in [-0.4, -0.2) is 12.5 Å². The van der Waals surface area contributed by atoms with Gasteiger partial charge in [0.2, 0.25) is 0 Å². The Labute approximate surface area is 140 Å². The molecule has 0 fully saturated rings. The number of amides is 1. The van der Waals surface area contributed by atoms with Crippen molar-refractivity contribution in [2.75, 3.05) is 6.54 Å². The molecular formula is C19H30ClNO. The van der Waals surface area contributed by atoms with Crippen LogP contribution < -0.4 is 5.32 Å². The summed E-state index contributed by atoms with van der Waals surface area (Å²) in [7, 11) is 0. The molecule has 22 heavy (non-hydrogen) atoms. The Kier molecular flexibility index (Phi) is 10.8. The van der Waals surface area contributed by atoms with Gasteiger partial charge in [-0.1, -0.05) is 88.4 Å². The second-order valence-electron chi connectivity index (χ2n) is 5.92. The van der Waals surface area contributed by atoms with Gasteiger partial charge < -0.3 is 5.32 Å². The number of halogens is 1. The van der Waals surface area contributed by atoms with Crippen molar-refractivity contribution < 1.29 is 4.79 Å². The van der Waals surface area contributed by atoms with E-state index in [0.717, 1.165) is 13.0 Å². The summed E-state index contributed by atoms with van der Waals surface area (Å²) in [4.78, 5) is 11.9. The monoisotopic (exact) mass is 323 g/mol. The molecule has 1 N–H and O–H groups in total. The molecule has 0 aliphatic heterocycles. The molecule has 0 heterocycles. The van der Waals surface area contributed by atoms with Crippen LogP contribution in [0.1, 0.15) is 81.5 Å². The minimum atomic E-state index is -0.0680. The fourth-order valence-electron chi connectivity index (χ4n) is 2.55. The lowest BCUT2D eigenvalue weighted by molar-refractivity contribution is 0.0953. The van der Waals surface area contributed by atoms with E-state index in [2.05, 4.69) is 12.2 Å². The summed E-state index contributed by atoms with van der Waals surface area (Å²) in [6.45, 7) is 2.99. The van der Waals surface area contributed by atoms with Crippen molar-refractivity contribution in [2.45, 2.75) is 71.1 Å². The van der Waals surface area contributed by atoms with E-state index in [9.17, 15) is 4.79 Å². The van der Waals surface area contributed by atoms with Gasteiger partial charge in [0.15, 0.2) is 0 Å².